The SMILES string of the molecule is [CH2]CCCCCCCCCCCCCCCOC1CCCC(CCCOC2CC[CH]CCC2)CC1. The molecular weight excluding hydrogens is 428 g/mol. The van der Waals surface area contributed by atoms with Crippen LogP contribution in [0.15, 0.2) is 0 Å². The maximum absolute atomic E-state index is 6.30. The molecule has 0 N–H and O–H groups in total. The molecule has 35 heavy (non-hydrogen) atoms. The molecule has 2 radical (unpaired) electrons. The molecule has 3 unspecified atom stereocenters. The fourth-order valence-electron chi connectivity index (χ4n) is 6.14. The Bertz CT molecular complexity index is 429. The van der Waals surface area contributed by atoms with E-state index in [2.05, 4.69) is 13.3 Å². The van der Waals surface area contributed by atoms with Crippen molar-refractivity contribution in [1.82, 2.24) is 0 Å². The van der Waals surface area contributed by atoms with Crippen LogP contribution in [0, 0.1) is 19.3 Å². The molecule has 0 aromatic rings. The summed E-state index contributed by atoms with van der Waals surface area (Å²) in [6.07, 6.45) is 38.7. The minimum atomic E-state index is 0.536. The van der Waals surface area contributed by atoms with Gasteiger partial charge in [0.1, 0.15) is 0 Å². The van der Waals surface area contributed by atoms with Crippen LogP contribution in [0.2, 0.25) is 0 Å². The van der Waals surface area contributed by atoms with Crippen LogP contribution in [-0.4, -0.2) is 25.4 Å². The second-order valence-electron chi connectivity index (χ2n) is 11.7. The van der Waals surface area contributed by atoms with Gasteiger partial charge in [-0.1, -0.05) is 116 Å². The van der Waals surface area contributed by atoms with Gasteiger partial charge < -0.3 is 9.47 Å². The normalized spacial score (nSPS) is 22.2. The van der Waals surface area contributed by atoms with E-state index in [-0.39, 0.29) is 0 Å². The molecule has 0 aromatic carbocycles. The van der Waals surface area contributed by atoms with Crippen LogP contribution in [0.4, 0.5) is 0 Å². The fourth-order valence-corrected chi connectivity index (χ4v) is 6.14. The van der Waals surface area contributed by atoms with E-state index in [1.165, 1.54) is 161 Å². The molecule has 2 nitrogen and oxygen atoms in total. The van der Waals surface area contributed by atoms with Gasteiger partial charge in [-0.05, 0) is 70.1 Å². The lowest BCUT2D eigenvalue weighted by Crippen LogP contribution is -2.14. The summed E-state index contributed by atoms with van der Waals surface area (Å²) in [5.74, 6) is 0.910. The van der Waals surface area contributed by atoms with Crippen LogP contribution in [0.5, 0.6) is 0 Å². The van der Waals surface area contributed by atoms with E-state index in [1.54, 1.807) is 0 Å². The number of hydrogen-bond acceptors (Lipinski definition) is 2. The summed E-state index contributed by atoms with van der Waals surface area (Å²) in [5, 5.41) is 0. The van der Waals surface area contributed by atoms with Crippen molar-refractivity contribution in [3.8, 4) is 0 Å². The Morgan fingerprint density at radius 3 is 1.77 bits per heavy atom. The lowest BCUT2D eigenvalue weighted by Gasteiger charge is -2.18. The Morgan fingerprint density at radius 2 is 1.09 bits per heavy atom. The van der Waals surface area contributed by atoms with Crippen LogP contribution in [0.3, 0.4) is 0 Å². The van der Waals surface area contributed by atoms with Crippen LogP contribution in [0.25, 0.3) is 0 Å². The predicted octanol–water partition coefficient (Wildman–Crippen LogP) is 10.6. The Labute approximate surface area is 221 Å². The van der Waals surface area contributed by atoms with Gasteiger partial charge in [-0.2, -0.15) is 0 Å². The Hall–Kier alpha value is -0.0800. The summed E-state index contributed by atoms with van der Waals surface area (Å²) >= 11 is 0. The molecule has 3 atom stereocenters. The van der Waals surface area contributed by atoms with Crippen LogP contribution in [0.1, 0.15) is 167 Å². The van der Waals surface area contributed by atoms with Crippen molar-refractivity contribution in [1.29, 1.82) is 0 Å². The van der Waals surface area contributed by atoms with Gasteiger partial charge in [0.2, 0.25) is 0 Å². The first-order valence-corrected chi connectivity index (χ1v) is 16.2. The van der Waals surface area contributed by atoms with E-state index < -0.39 is 0 Å². The van der Waals surface area contributed by atoms with Crippen molar-refractivity contribution >= 4 is 0 Å². The molecule has 0 heterocycles. The minimum absolute atomic E-state index is 0.536. The summed E-state index contributed by atoms with van der Waals surface area (Å²) in [4.78, 5) is 0. The largest absolute Gasteiger partial charge is 0.378 e. The summed E-state index contributed by atoms with van der Waals surface area (Å²) in [5.41, 5.74) is 0. The molecule has 2 aliphatic carbocycles. The highest BCUT2D eigenvalue weighted by Gasteiger charge is 2.19. The summed E-state index contributed by atoms with van der Waals surface area (Å²) in [7, 11) is 0. The third-order valence-electron chi connectivity index (χ3n) is 8.52. The molecule has 2 saturated carbocycles. The second-order valence-corrected chi connectivity index (χ2v) is 11.7. The molecule has 0 aliphatic heterocycles. The highest BCUT2D eigenvalue weighted by molar-refractivity contribution is 4.75. The first-order chi connectivity index (χ1) is 17.4. The monoisotopic (exact) mass is 490 g/mol. The number of rotatable bonds is 21. The molecule has 2 aliphatic rings. The highest BCUT2D eigenvalue weighted by Crippen LogP contribution is 2.29. The van der Waals surface area contributed by atoms with E-state index in [0.717, 1.165) is 25.6 Å². The van der Waals surface area contributed by atoms with Crippen molar-refractivity contribution < 1.29 is 9.47 Å². The fraction of sp³-hybridized carbons (Fsp3) is 0.939. The minimum Gasteiger partial charge on any atom is -0.378 e. The van der Waals surface area contributed by atoms with E-state index in [4.69, 9.17) is 9.47 Å². The van der Waals surface area contributed by atoms with Gasteiger partial charge in [0, 0.05) is 13.2 Å². The molecule has 0 bridgehead atoms. The van der Waals surface area contributed by atoms with Crippen molar-refractivity contribution in [3.05, 3.63) is 13.3 Å². The third kappa shape index (κ3) is 17.9. The van der Waals surface area contributed by atoms with Crippen molar-refractivity contribution in [2.45, 2.75) is 179 Å². The van der Waals surface area contributed by atoms with Gasteiger partial charge in [0.15, 0.2) is 0 Å². The zero-order valence-corrected chi connectivity index (χ0v) is 23.6. The Morgan fingerprint density at radius 1 is 0.514 bits per heavy atom. The molecule has 2 heteroatoms. The van der Waals surface area contributed by atoms with Crippen LogP contribution in [-0.2, 0) is 9.47 Å². The molecule has 2 rings (SSSR count). The standard InChI is InChI=1S/C33H62O2/c1-2-3-4-5-6-7-8-9-10-11-12-13-16-19-29-34-33-26-20-22-31(27-28-33)23-21-30-35-32-24-17-14-15-18-25-32/h14,31-33H,1-13,15-30H2. The van der Waals surface area contributed by atoms with Gasteiger partial charge in [0.05, 0.1) is 12.2 Å². The molecular formula is C33H62O2. The zero-order chi connectivity index (χ0) is 24.7. The Kier molecular flexibility index (Phi) is 20.5. The molecule has 0 aromatic heterocycles. The summed E-state index contributed by atoms with van der Waals surface area (Å²) in [6.45, 7) is 5.90. The predicted molar refractivity (Wildman–Crippen MR) is 153 cm³/mol. The topological polar surface area (TPSA) is 18.5 Å². The van der Waals surface area contributed by atoms with E-state index in [0.29, 0.717) is 12.2 Å². The maximum Gasteiger partial charge on any atom is 0.0575 e. The quantitative estimate of drug-likeness (QED) is 0.118. The molecule has 0 amide bonds. The van der Waals surface area contributed by atoms with Gasteiger partial charge in [-0.3, -0.25) is 0 Å². The van der Waals surface area contributed by atoms with Gasteiger partial charge in [0.25, 0.3) is 0 Å². The highest BCUT2D eigenvalue weighted by atomic mass is 16.5. The zero-order valence-electron chi connectivity index (χ0n) is 23.6. The molecule has 0 spiro atoms. The van der Waals surface area contributed by atoms with E-state index in [1.807, 2.05) is 0 Å². The average Bonchev–Trinajstić information content (AvgIpc) is 3.27. The Balaban J connectivity index is 1.33. The molecule has 2 fully saturated rings. The average molecular weight is 491 g/mol. The van der Waals surface area contributed by atoms with Crippen molar-refractivity contribution in [2.24, 2.45) is 5.92 Å². The first-order valence-electron chi connectivity index (χ1n) is 16.2. The van der Waals surface area contributed by atoms with Crippen LogP contribution < -0.4 is 0 Å². The van der Waals surface area contributed by atoms with E-state index in [9.17, 15) is 0 Å². The van der Waals surface area contributed by atoms with E-state index >= 15 is 0 Å². The number of ether oxygens (including phenoxy) is 2. The summed E-state index contributed by atoms with van der Waals surface area (Å²) < 4.78 is 12.5. The van der Waals surface area contributed by atoms with Crippen LogP contribution >= 0.6 is 0 Å². The smallest absolute Gasteiger partial charge is 0.0575 e. The lowest BCUT2D eigenvalue weighted by molar-refractivity contribution is 0.0367. The van der Waals surface area contributed by atoms with Gasteiger partial charge in [-0.15, -0.1) is 0 Å². The second kappa shape index (κ2) is 23.1. The van der Waals surface area contributed by atoms with Gasteiger partial charge in [-0.25, -0.2) is 0 Å². The lowest BCUT2D eigenvalue weighted by atomic mass is 9.95. The van der Waals surface area contributed by atoms with Gasteiger partial charge >= 0.3 is 0 Å². The van der Waals surface area contributed by atoms with Crippen molar-refractivity contribution in [3.63, 3.8) is 0 Å². The molecule has 0 saturated heterocycles. The first kappa shape index (κ1) is 31.1. The summed E-state index contributed by atoms with van der Waals surface area (Å²) in [6, 6.07) is 0. The van der Waals surface area contributed by atoms with Crippen molar-refractivity contribution in [2.75, 3.05) is 13.2 Å². The number of unbranched alkanes of at least 4 members (excludes halogenated alkanes) is 13. The molecule has 206 valence electrons. The maximum atomic E-state index is 6.30. The number of hydrogen-bond donors (Lipinski definition) is 0. The third-order valence-corrected chi connectivity index (χ3v) is 8.52.